The highest BCUT2D eigenvalue weighted by atomic mass is 15.6. The van der Waals surface area contributed by atoms with E-state index in [-0.39, 0.29) is 0 Å². The molecule has 0 saturated carbocycles. The van der Waals surface area contributed by atoms with Gasteiger partial charge in [0.05, 0.1) is 0 Å². The van der Waals surface area contributed by atoms with Gasteiger partial charge < -0.3 is 10.6 Å². The molecule has 1 fully saturated rings. The van der Waals surface area contributed by atoms with Gasteiger partial charge in [0.25, 0.3) is 0 Å². The summed E-state index contributed by atoms with van der Waals surface area (Å²) in [4.78, 5) is 0. The zero-order chi connectivity index (χ0) is 11.5. The molecule has 0 unspecified atom stereocenters. The van der Waals surface area contributed by atoms with Crippen molar-refractivity contribution < 1.29 is 0 Å². The number of rotatable bonds is 4. The summed E-state index contributed by atoms with van der Waals surface area (Å²) in [5.74, 6) is 0.808. The van der Waals surface area contributed by atoms with Crippen LogP contribution in [0.15, 0.2) is 12.1 Å². The van der Waals surface area contributed by atoms with Gasteiger partial charge in [-0.05, 0) is 48.4 Å². The zero-order valence-electron chi connectivity index (χ0n) is 9.50. The molecule has 90 valence electrons. The molecule has 1 aliphatic rings. The molecule has 3 rings (SSSR count). The van der Waals surface area contributed by atoms with Crippen LogP contribution in [0.4, 0.5) is 5.82 Å². The van der Waals surface area contributed by atoms with E-state index in [2.05, 4.69) is 31.3 Å². The van der Waals surface area contributed by atoms with E-state index in [1.54, 1.807) is 0 Å². The van der Waals surface area contributed by atoms with Gasteiger partial charge in [0.15, 0.2) is 5.65 Å². The molecule has 17 heavy (non-hydrogen) atoms. The van der Waals surface area contributed by atoms with E-state index >= 15 is 0 Å². The van der Waals surface area contributed by atoms with Crippen molar-refractivity contribution in [3.63, 3.8) is 0 Å². The fourth-order valence-electron chi connectivity index (χ4n) is 2.12. The molecule has 0 aliphatic carbocycles. The van der Waals surface area contributed by atoms with E-state index in [9.17, 15) is 0 Å². The number of nitrogens with one attached hydrogen (secondary N) is 2. The van der Waals surface area contributed by atoms with Crippen LogP contribution in [-0.2, 0) is 0 Å². The van der Waals surface area contributed by atoms with Crippen LogP contribution in [0.5, 0.6) is 0 Å². The fraction of sp³-hybridized carbons (Fsp3) is 0.600. The Balaban J connectivity index is 1.56. The van der Waals surface area contributed by atoms with Gasteiger partial charge in [0.2, 0.25) is 0 Å². The van der Waals surface area contributed by atoms with Crippen molar-refractivity contribution in [2.75, 3.05) is 18.4 Å². The maximum Gasteiger partial charge on any atom is 0.200 e. The molecule has 0 amide bonds. The van der Waals surface area contributed by atoms with Crippen molar-refractivity contribution in [3.05, 3.63) is 12.1 Å². The average molecular weight is 233 g/mol. The molecule has 7 nitrogen and oxygen atoms in total. The van der Waals surface area contributed by atoms with E-state index < -0.39 is 0 Å². The van der Waals surface area contributed by atoms with E-state index in [0.29, 0.717) is 11.7 Å². The number of hydrogen-bond donors (Lipinski definition) is 2. The van der Waals surface area contributed by atoms with Crippen LogP contribution in [-0.4, -0.2) is 44.4 Å². The summed E-state index contributed by atoms with van der Waals surface area (Å²) in [5.41, 5.74) is 0.660. The number of nitrogens with zero attached hydrogens (tertiary/aromatic N) is 5. The molecule has 1 atom stereocenters. The molecule has 1 aliphatic heterocycles. The Bertz CT molecular complexity index is 488. The quantitative estimate of drug-likeness (QED) is 0.778. The molecular weight excluding hydrogens is 218 g/mol. The highest BCUT2D eigenvalue weighted by Crippen LogP contribution is 2.09. The van der Waals surface area contributed by atoms with Crippen molar-refractivity contribution in [1.82, 2.24) is 30.6 Å². The maximum atomic E-state index is 4.25. The Morgan fingerprint density at radius 3 is 3.35 bits per heavy atom. The molecule has 2 aromatic rings. The van der Waals surface area contributed by atoms with Crippen molar-refractivity contribution in [2.45, 2.75) is 25.3 Å². The first-order valence-electron chi connectivity index (χ1n) is 5.94. The Morgan fingerprint density at radius 2 is 2.47 bits per heavy atom. The maximum absolute atomic E-state index is 4.25. The fourth-order valence-corrected chi connectivity index (χ4v) is 2.12. The molecule has 0 spiro atoms. The van der Waals surface area contributed by atoms with Crippen molar-refractivity contribution in [1.29, 1.82) is 0 Å². The normalized spacial score (nSPS) is 19.9. The largest absolute Gasteiger partial charge is 0.369 e. The van der Waals surface area contributed by atoms with Gasteiger partial charge in [0.1, 0.15) is 5.82 Å². The standard InChI is InChI=1S/C10H15N7/c1-2-8(11-6-1)5-7-12-9-3-4-10-13-15-16-17(10)14-9/h3-4,8,11H,1-2,5-7H2,(H,12,14)/t8-/m0/s1. The Kier molecular flexibility index (Phi) is 2.83. The van der Waals surface area contributed by atoms with Gasteiger partial charge in [-0.2, -0.15) is 0 Å². The first-order valence-corrected chi connectivity index (χ1v) is 5.94. The summed E-state index contributed by atoms with van der Waals surface area (Å²) in [6, 6.07) is 4.40. The van der Waals surface area contributed by atoms with E-state index in [4.69, 9.17) is 0 Å². The van der Waals surface area contributed by atoms with Crippen LogP contribution in [0.2, 0.25) is 0 Å². The summed E-state index contributed by atoms with van der Waals surface area (Å²) in [6.07, 6.45) is 3.69. The smallest absolute Gasteiger partial charge is 0.200 e. The first-order chi connectivity index (χ1) is 8.42. The minimum absolute atomic E-state index is 0.652. The van der Waals surface area contributed by atoms with Gasteiger partial charge in [-0.15, -0.1) is 14.8 Å². The second kappa shape index (κ2) is 4.62. The lowest BCUT2D eigenvalue weighted by Crippen LogP contribution is -2.24. The minimum Gasteiger partial charge on any atom is -0.369 e. The molecular formula is C10H15N7. The second-order valence-electron chi connectivity index (χ2n) is 4.25. The molecule has 3 heterocycles. The Hall–Kier alpha value is -1.76. The number of tetrazole rings is 1. The highest BCUT2D eigenvalue weighted by Gasteiger charge is 2.12. The van der Waals surface area contributed by atoms with E-state index in [1.807, 2.05) is 12.1 Å². The van der Waals surface area contributed by atoms with Crippen LogP contribution < -0.4 is 10.6 Å². The Labute approximate surface area is 98.6 Å². The van der Waals surface area contributed by atoms with Crippen molar-refractivity contribution >= 4 is 11.5 Å². The third-order valence-corrected chi connectivity index (χ3v) is 3.03. The molecule has 2 N–H and O–H groups in total. The van der Waals surface area contributed by atoms with Crippen LogP contribution >= 0.6 is 0 Å². The van der Waals surface area contributed by atoms with Crippen molar-refractivity contribution in [2.24, 2.45) is 0 Å². The summed E-state index contributed by atoms with van der Waals surface area (Å²) >= 11 is 0. The zero-order valence-corrected chi connectivity index (χ0v) is 9.50. The van der Waals surface area contributed by atoms with Crippen LogP contribution in [0.3, 0.4) is 0 Å². The second-order valence-corrected chi connectivity index (χ2v) is 4.25. The lowest BCUT2D eigenvalue weighted by atomic mass is 10.1. The summed E-state index contributed by atoms with van der Waals surface area (Å²) in [7, 11) is 0. The van der Waals surface area contributed by atoms with Crippen LogP contribution in [0.25, 0.3) is 5.65 Å². The average Bonchev–Trinajstić information content (AvgIpc) is 2.98. The monoisotopic (exact) mass is 233 g/mol. The number of fused-ring (bicyclic) bond motifs is 1. The number of aromatic nitrogens is 5. The summed E-state index contributed by atoms with van der Waals surface area (Å²) in [6.45, 7) is 2.07. The van der Waals surface area contributed by atoms with Gasteiger partial charge in [0, 0.05) is 12.6 Å². The number of hydrogen-bond acceptors (Lipinski definition) is 6. The minimum atomic E-state index is 0.652. The highest BCUT2D eigenvalue weighted by molar-refractivity contribution is 5.41. The molecule has 1 saturated heterocycles. The topological polar surface area (TPSA) is 80.0 Å². The SMILES string of the molecule is c1cc2nnnn2nc1NCC[C@@H]1CCCN1. The third kappa shape index (κ3) is 2.33. The molecule has 0 aromatic carbocycles. The van der Waals surface area contributed by atoms with Gasteiger partial charge >= 0.3 is 0 Å². The molecule has 0 radical (unpaired) electrons. The lowest BCUT2D eigenvalue weighted by molar-refractivity contribution is 0.573. The van der Waals surface area contributed by atoms with Crippen molar-refractivity contribution in [3.8, 4) is 0 Å². The van der Waals surface area contributed by atoms with Gasteiger partial charge in [-0.1, -0.05) is 0 Å². The number of anilines is 1. The van der Waals surface area contributed by atoms with Gasteiger partial charge in [-0.25, -0.2) is 0 Å². The summed E-state index contributed by atoms with van der Waals surface area (Å²) < 4.78 is 1.43. The van der Waals surface area contributed by atoms with E-state index in [1.165, 1.54) is 17.5 Å². The van der Waals surface area contributed by atoms with Crippen LogP contribution in [0, 0.1) is 0 Å². The predicted molar refractivity (Wildman–Crippen MR) is 62.7 cm³/mol. The molecule has 0 bridgehead atoms. The Morgan fingerprint density at radius 1 is 1.47 bits per heavy atom. The van der Waals surface area contributed by atoms with Gasteiger partial charge in [-0.3, -0.25) is 0 Å². The van der Waals surface area contributed by atoms with E-state index in [0.717, 1.165) is 25.3 Å². The molecule has 2 aromatic heterocycles. The van der Waals surface area contributed by atoms with Crippen LogP contribution in [0.1, 0.15) is 19.3 Å². The third-order valence-electron chi connectivity index (χ3n) is 3.03. The first kappa shape index (κ1) is 10.4. The lowest BCUT2D eigenvalue weighted by Gasteiger charge is -2.10. The predicted octanol–water partition coefficient (Wildman–Crippen LogP) is 0.0733. The molecule has 7 heteroatoms. The summed E-state index contributed by atoms with van der Waals surface area (Å²) in [5, 5.41) is 22.1.